The number of carbonyl (C=O) groups excluding carboxylic acids is 1. The number of morpholine rings is 1. The maximum absolute atomic E-state index is 13.0. The van der Waals surface area contributed by atoms with Crippen LogP contribution in [-0.4, -0.2) is 72.9 Å². The molecule has 0 bridgehead atoms. The number of hydrogen-bond acceptors (Lipinski definition) is 7. The summed E-state index contributed by atoms with van der Waals surface area (Å²) < 4.78 is 5.39. The quantitative estimate of drug-likeness (QED) is 0.500. The maximum Gasteiger partial charge on any atom is 0.223 e. The number of hydrogen-bond donors (Lipinski definition) is 3. The first-order chi connectivity index (χ1) is 15.8. The average molecular weight is 477 g/mol. The summed E-state index contributed by atoms with van der Waals surface area (Å²) in [7, 11) is 0. The highest BCUT2D eigenvalue weighted by atomic mass is 32.1. The number of anilines is 1. The van der Waals surface area contributed by atoms with Gasteiger partial charge >= 0.3 is 0 Å². The second-order valence-corrected chi connectivity index (χ2v) is 11.5. The van der Waals surface area contributed by atoms with Gasteiger partial charge in [-0.2, -0.15) is 0 Å². The van der Waals surface area contributed by atoms with Crippen LogP contribution < -0.4 is 10.6 Å². The zero-order chi connectivity index (χ0) is 23.6. The van der Waals surface area contributed by atoms with E-state index in [-0.39, 0.29) is 35.0 Å². The Labute approximate surface area is 202 Å². The fourth-order valence-corrected chi connectivity index (χ4v) is 7.57. The smallest absolute Gasteiger partial charge is 0.223 e. The molecule has 3 aliphatic rings. The summed E-state index contributed by atoms with van der Waals surface area (Å²) in [6.45, 7) is 15.9. The van der Waals surface area contributed by atoms with Gasteiger partial charge in [0.2, 0.25) is 5.91 Å². The molecule has 1 amide bonds. The predicted molar refractivity (Wildman–Crippen MR) is 133 cm³/mol. The third-order valence-electron chi connectivity index (χ3n) is 8.21. The molecular formula is C25H40N4O3S. The molecular weight excluding hydrogens is 436 g/mol. The van der Waals surface area contributed by atoms with Gasteiger partial charge in [0.25, 0.3) is 0 Å². The van der Waals surface area contributed by atoms with Gasteiger partial charge in [-0.1, -0.05) is 26.8 Å². The minimum atomic E-state index is -0.502. The molecule has 2 aliphatic carbocycles. The molecule has 8 heteroatoms. The largest absolute Gasteiger partial charge is 0.392 e. The number of aliphatic hydroxyl groups excluding tert-OH is 1. The summed E-state index contributed by atoms with van der Waals surface area (Å²) in [5, 5.41) is 18.9. The Kier molecular flexibility index (Phi) is 7.78. The predicted octanol–water partition coefficient (Wildman–Crippen LogP) is 2.88. The van der Waals surface area contributed by atoms with Gasteiger partial charge in [0.1, 0.15) is 0 Å². The van der Waals surface area contributed by atoms with E-state index in [1.807, 2.05) is 13.0 Å². The lowest BCUT2D eigenvalue weighted by Gasteiger charge is -2.53. The van der Waals surface area contributed by atoms with Gasteiger partial charge in [-0.25, -0.2) is 4.98 Å². The van der Waals surface area contributed by atoms with Crippen molar-refractivity contribution in [3.8, 4) is 0 Å². The number of carbonyl (C=O) groups is 1. The van der Waals surface area contributed by atoms with Gasteiger partial charge in [0.15, 0.2) is 5.13 Å². The first kappa shape index (κ1) is 24.6. The highest BCUT2D eigenvalue weighted by Crippen LogP contribution is 2.57. The number of rotatable bonds is 8. The summed E-state index contributed by atoms with van der Waals surface area (Å²) in [4.78, 5) is 21.5. The van der Waals surface area contributed by atoms with E-state index in [1.54, 1.807) is 11.3 Å². The summed E-state index contributed by atoms with van der Waals surface area (Å²) in [6.07, 6.45) is 4.20. The first-order valence-corrected chi connectivity index (χ1v) is 13.3. The monoisotopic (exact) mass is 476 g/mol. The van der Waals surface area contributed by atoms with Crippen molar-refractivity contribution >= 4 is 22.4 Å². The maximum atomic E-state index is 13.0. The van der Waals surface area contributed by atoms with Crippen molar-refractivity contribution < 1.29 is 14.6 Å². The Morgan fingerprint density at radius 3 is 2.94 bits per heavy atom. The Morgan fingerprint density at radius 2 is 2.21 bits per heavy atom. The minimum absolute atomic E-state index is 0.0209. The summed E-state index contributed by atoms with van der Waals surface area (Å²) in [6, 6.07) is 0. The van der Waals surface area contributed by atoms with E-state index in [0.717, 1.165) is 62.9 Å². The Bertz CT molecular complexity index is 840. The molecule has 0 unspecified atom stereocenters. The zero-order valence-electron chi connectivity index (χ0n) is 20.3. The lowest BCUT2D eigenvalue weighted by Crippen LogP contribution is -2.53. The van der Waals surface area contributed by atoms with Crippen LogP contribution in [0.5, 0.6) is 0 Å². The summed E-state index contributed by atoms with van der Waals surface area (Å²) in [5.74, 6) is 0.116. The van der Waals surface area contributed by atoms with Gasteiger partial charge < -0.3 is 20.5 Å². The summed E-state index contributed by atoms with van der Waals surface area (Å²) in [5.41, 5.74) is 1.16. The molecule has 3 N–H and O–H groups in total. The van der Waals surface area contributed by atoms with Crippen LogP contribution >= 0.6 is 11.3 Å². The molecule has 6 atom stereocenters. The van der Waals surface area contributed by atoms with Crippen LogP contribution in [0, 0.1) is 23.2 Å². The summed E-state index contributed by atoms with van der Waals surface area (Å²) >= 11 is 1.74. The molecule has 1 aromatic heterocycles. The molecule has 0 spiro atoms. The molecule has 33 heavy (non-hydrogen) atoms. The highest BCUT2D eigenvalue weighted by molar-refractivity contribution is 7.15. The Morgan fingerprint density at radius 1 is 1.45 bits per heavy atom. The fraction of sp³-hybridized carbons (Fsp3) is 0.760. The number of aromatic nitrogens is 1. The van der Waals surface area contributed by atoms with Crippen molar-refractivity contribution in [1.29, 1.82) is 0 Å². The Hall–Kier alpha value is -1.48. The van der Waals surface area contributed by atoms with Crippen molar-refractivity contribution in [2.45, 2.75) is 52.1 Å². The van der Waals surface area contributed by atoms with E-state index < -0.39 is 6.10 Å². The van der Waals surface area contributed by atoms with Crippen LogP contribution in [0.3, 0.4) is 0 Å². The van der Waals surface area contributed by atoms with Crippen LogP contribution in [0.4, 0.5) is 5.13 Å². The van der Waals surface area contributed by atoms with Crippen molar-refractivity contribution in [1.82, 2.24) is 15.2 Å². The number of thiazole rings is 1. The topological polar surface area (TPSA) is 86.7 Å². The number of nitrogens with one attached hydrogen (secondary N) is 2. The van der Waals surface area contributed by atoms with Gasteiger partial charge in [0, 0.05) is 49.4 Å². The zero-order valence-corrected chi connectivity index (χ0v) is 21.1. The van der Waals surface area contributed by atoms with Crippen molar-refractivity contribution in [2.75, 3.05) is 51.3 Å². The van der Waals surface area contributed by atoms with Crippen LogP contribution in [0.25, 0.3) is 0 Å². The molecule has 2 fully saturated rings. The van der Waals surface area contributed by atoms with Crippen molar-refractivity contribution in [3.05, 3.63) is 23.2 Å². The van der Waals surface area contributed by atoms with E-state index in [0.29, 0.717) is 13.1 Å². The highest BCUT2D eigenvalue weighted by Gasteiger charge is 2.53. The second kappa shape index (κ2) is 10.4. The van der Waals surface area contributed by atoms with E-state index >= 15 is 0 Å². The lowest BCUT2D eigenvalue weighted by atomic mass is 9.53. The van der Waals surface area contributed by atoms with Crippen LogP contribution in [0.2, 0.25) is 0 Å². The third kappa shape index (κ3) is 5.14. The van der Waals surface area contributed by atoms with Crippen molar-refractivity contribution in [2.24, 2.45) is 23.2 Å². The van der Waals surface area contributed by atoms with Gasteiger partial charge in [0.05, 0.1) is 25.0 Å². The number of nitrogens with zero attached hydrogens (tertiary/aromatic N) is 2. The molecule has 1 saturated heterocycles. The number of fused-ring (bicyclic) bond motifs is 2. The molecule has 2 heterocycles. The lowest BCUT2D eigenvalue weighted by molar-refractivity contribution is -0.134. The molecule has 0 radical (unpaired) electrons. The van der Waals surface area contributed by atoms with Gasteiger partial charge in [-0.15, -0.1) is 17.9 Å². The standard InChI is InChI=1S/C25H40N4O3S/c1-5-8-27-24-28-21-17(3)20-22(30)18(6-7-25(20,4)15-19(21)33-24)16(2)23(31)26-9-10-29-11-13-32-14-12-29/h5,16-18,20,22,30H,1,6-15H2,2-4H3,(H,26,31)(H,27,28)/t16-,17-,18+,20+,22-,25-/m0/s1. The van der Waals surface area contributed by atoms with Gasteiger partial charge in [-0.3, -0.25) is 9.69 Å². The first-order valence-electron chi connectivity index (χ1n) is 12.4. The van der Waals surface area contributed by atoms with Crippen LogP contribution in [0.1, 0.15) is 50.1 Å². The molecule has 7 nitrogen and oxygen atoms in total. The molecule has 1 aliphatic heterocycles. The molecule has 184 valence electrons. The molecule has 1 aromatic rings. The number of aliphatic hydroxyl groups is 1. The SMILES string of the molecule is C=CCNc1nc2c(s1)C[C@]1(C)CC[C@H]([C@H](C)C(=O)NCCN3CCOCC3)[C@H](O)[C@H]1[C@@H]2C. The second-order valence-electron chi connectivity index (χ2n) is 10.4. The third-order valence-corrected chi connectivity index (χ3v) is 9.24. The Balaban J connectivity index is 1.39. The van der Waals surface area contributed by atoms with E-state index in [2.05, 4.69) is 36.0 Å². The minimum Gasteiger partial charge on any atom is -0.392 e. The average Bonchev–Trinajstić information content (AvgIpc) is 3.20. The molecule has 0 aromatic carbocycles. The van der Waals surface area contributed by atoms with Crippen LogP contribution in [0.15, 0.2) is 12.7 Å². The molecule has 4 rings (SSSR count). The van der Waals surface area contributed by atoms with E-state index in [4.69, 9.17) is 9.72 Å². The molecule has 1 saturated carbocycles. The van der Waals surface area contributed by atoms with Gasteiger partial charge in [-0.05, 0) is 36.5 Å². The normalized spacial score (nSPS) is 33.0. The van der Waals surface area contributed by atoms with E-state index in [1.165, 1.54) is 4.88 Å². The van der Waals surface area contributed by atoms with Crippen molar-refractivity contribution in [3.63, 3.8) is 0 Å². The number of amides is 1. The number of ether oxygens (including phenoxy) is 1. The van der Waals surface area contributed by atoms with Crippen LogP contribution in [-0.2, 0) is 16.0 Å². The fourth-order valence-electron chi connectivity index (χ4n) is 6.30. The van der Waals surface area contributed by atoms with E-state index in [9.17, 15) is 9.90 Å².